The molecule has 4 aromatic rings. The third-order valence-electron chi connectivity index (χ3n) is 7.40. The summed E-state index contributed by atoms with van der Waals surface area (Å²) in [5, 5.41) is 15.0. The van der Waals surface area contributed by atoms with Gasteiger partial charge in [0.05, 0.1) is 36.3 Å². The molecule has 9 heteroatoms. The highest BCUT2D eigenvalue weighted by atomic mass is 16.6. The highest BCUT2D eigenvalue weighted by Gasteiger charge is 2.27. The van der Waals surface area contributed by atoms with Gasteiger partial charge in [0.2, 0.25) is 0 Å². The second-order valence-corrected chi connectivity index (χ2v) is 11.2. The average molecular weight is 595 g/mol. The summed E-state index contributed by atoms with van der Waals surface area (Å²) in [6, 6.07) is 20.7. The van der Waals surface area contributed by atoms with Crippen LogP contribution in [0.3, 0.4) is 0 Å². The van der Waals surface area contributed by atoms with Crippen molar-refractivity contribution in [1.82, 2.24) is 0 Å². The van der Waals surface area contributed by atoms with E-state index in [1.54, 1.807) is 31.4 Å². The summed E-state index contributed by atoms with van der Waals surface area (Å²) in [7, 11) is 3.05. The molecule has 4 aromatic carbocycles. The number of benzene rings is 4. The van der Waals surface area contributed by atoms with Crippen molar-refractivity contribution in [3.63, 3.8) is 0 Å². The molecule has 0 amide bonds. The number of rotatable bonds is 9. The minimum Gasteiger partial charge on any atom is -0.496 e. The molecule has 1 aliphatic heterocycles. The Morgan fingerprint density at radius 3 is 2.34 bits per heavy atom. The van der Waals surface area contributed by atoms with Crippen molar-refractivity contribution in [3.05, 3.63) is 111 Å². The number of ether oxygens (including phenoxy) is 4. The highest BCUT2D eigenvalue weighted by molar-refractivity contribution is 5.92. The first-order valence-corrected chi connectivity index (χ1v) is 14.1. The second-order valence-electron chi connectivity index (χ2n) is 11.2. The van der Waals surface area contributed by atoms with Crippen LogP contribution in [0.15, 0.2) is 78.9 Å². The molecule has 226 valence electrons. The maximum atomic E-state index is 12.8. The van der Waals surface area contributed by atoms with Gasteiger partial charge in [-0.3, -0.25) is 10.1 Å². The molecule has 0 atom stereocenters. The lowest BCUT2D eigenvalue weighted by Gasteiger charge is -2.33. The Bertz CT molecular complexity index is 1790. The first-order valence-electron chi connectivity index (χ1n) is 14.1. The number of hydrogen-bond acceptors (Lipinski definition) is 8. The van der Waals surface area contributed by atoms with Crippen LogP contribution in [0, 0.1) is 17.0 Å². The molecule has 0 unspecified atom stereocenters. The number of carbonyl (C=O) groups excluding carboxylic acids is 1. The fraction of sp³-hybridized carbons (Fsp3) is 0.229. The lowest BCUT2D eigenvalue weighted by atomic mass is 9.85. The molecule has 0 aliphatic carbocycles. The topological polar surface area (TPSA) is 109 Å². The van der Waals surface area contributed by atoms with Crippen LogP contribution in [-0.2, 0) is 6.61 Å². The Morgan fingerprint density at radius 2 is 1.64 bits per heavy atom. The molecular weight excluding hydrogens is 560 g/mol. The van der Waals surface area contributed by atoms with Gasteiger partial charge in [-0.2, -0.15) is 0 Å². The van der Waals surface area contributed by atoms with Gasteiger partial charge in [-0.15, -0.1) is 0 Å². The standard InChI is InChI=1S/C35H34N2O7/c1-21-8-7-9-23(16-21)34(38)44-25-11-12-27(31(18-25)42-6)26-13-14-29-33(22(2)19-35(3,4)36-29)28(26)20-43-32-17-24(37(39)40)10-15-30(32)41-5/h7-19,36H,20H2,1-6H3. The van der Waals surface area contributed by atoms with Crippen molar-refractivity contribution in [2.24, 2.45) is 0 Å². The van der Waals surface area contributed by atoms with Crippen LogP contribution in [0.25, 0.3) is 16.7 Å². The van der Waals surface area contributed by atoms with Crippen LogP contribution >= 0.6 is 0 Å². The Labute approximate surface area is 256 Å². The molecule has 1 N–H and O–H groups in total. The third-order valence-corrected chi connectivity index (χ3v) is 7.40. The quantitative estimate of drug-likeness (QED) is 0.0899. The number of fused-ring (bicyclic) bond motifs is 1. The second kappa shape index (κ2) is 12.1. The summed E-state index contributed by atoms with van der Waals surface area (Å²) in [6.45, 7) is 8.23. The number of methoxy groups -OCH3 is 2. The number of esters is 1. The van der Waals surface area contributed by atoms with Gasteiger partial charge >= 0.3 is 5.97 Å². The molecule has 9 nitrogen and oxygen atoms in total. The van der Waals surface area contributed by atoms with E-state index in [9.17, 15) is 14.9 Å². The smallest absolute Gasteiger partial charge is 0.343 e. The number of hydrogen-bond donors (Lipinski definition) is 1. The minimum atomic E-state index is -0.473. The van der Waals surface area contributed by atoms with Gasteiger partial charge in [-0.25, -0.2) is 4.79 Å². The van der Waals surface area contributed by atoms with Crippen molar-refractivity contribution in [2.75, 3.05) is 19.5 Å². The predicted octanol–water partition coefficient (Wildman–Crippen LogP) is 7.99. The maximum absolute atomic E-state index is 12.8. The molecule has 5 rings (SSSR count). The number of nitrogens with zero attached hydrogens (tertiary/aromatic N) is 1. The van der Waals surface area contributed by atoms with Gasteiger partial charge in [-0.1, -0.05) is 29.8 Å². The van der Waals surface area contributed by atoms with Crippen molar-refractivity contribution in [1.29, 1.82) is 0 Å². The van der Waals surface area contributed by atoms with E-state index in [1.807, 2.05) is 44.2 Å². The molecule has 0 saturated carbocycles. The number of aryl methyl sites for hydroxylation is 1. The number of anilines is 1. The molecule has 0 saturated heterocycles. The van der Waals surface area contributed by atoms with Gasteiger partial charge in [0.25, 0.3) is 5.69 Å². The van der Waals surface area contributed by atoms with E-state index in [0.29, 0.717) is 22.8 Å². The summed E-state index contributed by atoms with van der Waals surface area (Å²) >= 11 is 0. The monoisotopic (exact) mass is 594 g/mol. The van der Waals surface area contributed by atoms with Crippen LogP contribution in [0.4, 0.5) is 11.4 Å². The predicted molar refractivity (Wildman–Crippen MR) is 170 cm³/mol. The molecule has 1 heterocycles. The zero-order valence-electron chi connectivity index (χ0n) is 25.5. The minimum absolute atomic E-state index is 0.0799. The normalized spacial score (nSPS) is 13.2. The van der Waals surface area contributed by atoms with Crippen LogP contribution in [-0.4, -0.2) is 30.7 Å². The first-order chi connectivity index (χ1) is 21.0. The maximum Gasteiger partial charge on any atom is 0.343 e. The van der Waals surface area contributed by atoms with Crippen molar-refractivity contribution in [2.45, 2.75) is 39.8 Å². The SMILES string of the molecule is COc1ccc([N+](=O)[O-])cc1OCc1c(-c2ccc(OC(=O)c3cccc(C)c3)cc2OC)ccc2c1C(C)=CC(C)(C)N2. The molecule has 1 aliphatic rings. The summed E-state index contributed by atoms with van der Waals surface area (Å²) in [6.07, 6.45) is 2.15. The summed E-state index contributed by atoms with van der Waals surface area (Å²) in [5.41, 5.74) is 6.43. The number of nitro benzene ring substituents is 1. The van der Waals surface area contributed by atoms with Gasteiger partial charge < -0.3 is 24.3 Å². The zero-order chi connectivity index (χ0) is 31.6. The molecular formula is C35H34N2O7. The van der Waals surface area contributed by atoms with Crippen LogP contribution < -0.4 is 24.3 Å². The third kappa shape index (κ3) is 6.22. The zero-order valence-corrected chi connectivity index (χ0v) is 25.5. The van der Waals surface area contributed by atoms with Crippen LogP contribution in [0.5, 0.6) is 23.0 Å². The van der Waals surface area contributed by atoms with E-state index >= 15 is 0 Å². The van der Waals surface area contributed by atoms with Crippen molar-refractivity contribution in [3.8, 4) is 34.1 Å². The average Bonchev–Trinajstić information content (AvgIpc) is 2.98. The Hall–Kier alpha value is -5.31. The Balaban J connectivity index is 1.57. The molecule has 44 heavy (non-hydrogen) atoms. The number of allylic oxidation sites excluding steroid dienone is 1. The summed E-state index contributed by atoms with van der Waals surface area (Å²) in [5.74, 6) is 1.01. The summed E-state index contributed by atoms with van der Waals surface area (Å²) in [4.78, 5) is 23.8. The van der Waals surface area contributed by atoms with Gasteiger partial charge in [-0.05, 0) is 75.2 Å². The van der Waals surface area contributed by atoms with Crippen LogP contribution in [0.1, 0.15) is 47.8 Å². The molecule has 0 bridgehead atoms. The van der Waals surface area contributed by atoms with E-state index in [2.05, 4.69) is 25.2 Å². The van der Waals surface area contributed by atoms with Gasteiger partial charge in [0, 0.05) is 34.5 Å². The van der Waals surface area contributed by atoms with E-state index < -0.39 is 10.9 Å². The fourth-order valence-electron chi connectivity index (χ4n) is 5.54. The Morgan fingerprint density at radius 1 is 0.886 bits per heavy atom. The van der Waals surface area contributed by atoms with E-state index in [0.717, 1.165) is 39.1 Å². The van der Waals surface area contributed by atoms with E-state index in [4.69, 9.17) is 18.9 Å². The lowest BCUT2D eigenvalue weighted by Crippen LogP contribution is -2.32. The van der Waals surface area contributed by atoms with Crippen LogP contribution in [0.2, 0.25) is 0 Å². The molecule has 0 spiro atoms. The number of nitro groups is 1. The molecule has 0 fully saturated rings. The number of carbonyl (C=O) groups is 1. The number of non-ortho nitro benzene ring substituents is 1. The van der Waals surface area contributed by atoms with Crippen molar-refractivity contribution >= 4 is 22.9 Å². The Kier molecular flexibility index (Phi) is 8.31. The fourth-order valence-corrected chi connectivity index (χ4v) is 5.54. The lowest BCUT2D eigenvalue weighted by molar-refractivity contribution is -0.385. The van der Waals surface area contributed by atoms with E-state index in [1.165, 1.54) is 25.3 Å². The summed E-state index contributed by atoms with van der Waals surface area (Å²) < 4.78 is 23.1. The van der Waals surface area contributed by atoms with Crippen molar-refractivity contribution < 1.29 is 28.7 Å². The largest absolute Gasteiger partial charge is 0.496 e. The molecule has 0 aromatic heterocycles. The molecule has 0 radical (unpaired) electrons. The highest BCUT2D eigenvalue weighted by Crippen LogP contribution is 2.44. The van der Waals surface area contributed by atoms with Gasteiger partial charge in [0.1, 0.15) is 18.1 Å². The number of nitrogens with one attached hydrogen (secondary N) is 1. The van der Waals surface area contributed by atoms with E-state index in [-0.39, 0.29) is 23.6 Å². The first kappa shape index (κ1) is 30.2. The van der Waals surface area contributed by atoms with Gasteiger partial charge in [0.15, 0.2) is 11.5 Å².